The molecule has 2 rings (SSSR count). The topological polar surface area (TPSA) is 92.1 Å². The van der Waals surface area contributed by atoms with Crippen molar-refractivity contribution in [2.45, 2.75) is 30.3 Å². The van der Waals surface area contributed by atoms with Crippen LogP contribution in [0, 0.1) is 11.3 Å². The lowest BCUT2D eigenvalue weighted by Crippen LogP contribution is -2.35. The standard InChI is InChI=1S/C12H15N3O3S/c13-7-10-4-5-12(9-14-10)19(16,17)15-8-11-3-1-2-6-18-11/h4-5,9,11,15H,1-3,6,8H2. The van der Waals surface area contributed by atoms with E-state index in [9.17, 15) is 8.42 Å². The van der Waals surface area contributed by atoms with Crippen LogP contribution in [-0.2, 0) is 14.8 Å². The van der Waals surface area contributed by atoms with Crippen LogP contribution in [0.2, 0.25) is 0 Å². The number of rotatable bonds is 4. The lowest BCUT2D eigenvalue weighted by Gasteiger charge is -2.22. The highest BCUT2D eigenvalue weighted by Crippen LogP contribution is 2.13. The third-order valence-electron chi connectivity index (χ3n) is 2.94. The van der Waals surface area contributed by atoms with Crippen LogP contribution in [0.25, 0.3) is 0 Å². The molecule has 1 unspecified atom stereocenters. The van der Waals surface area contributed by atoms with Gasteiger partial charge in [-0.25, -0.2) is 18.1 Å². The summed E-state index contributed by atoms with van der Waals surface area (Å²) in [4.78, 5) is 3.80. The minimum Gasteiger partial charge on any atom is -0.377 e. The first-order valence-corrected chi connectivity index (χ1v) is 7.57. The quantitative estimate of drug-likeness (QED) is 0.881. The van der Waals surface area contributed by atoms with Gasteiger partial charge in [0.1, 0.15) is 16.7 Å². The molecule has 6 nitrogen and oxygen atoms in total. The first-order valence-electron chi connectivity index (χ1n) is 6.09. The molecule has 1 aromatic rings. The van der Waals surface area contributed by atoms with E-state index in [2.05, 4.69) is 9.71 Å². The van der Waals surface area contributed by atoms with Gasteiger partial charge in [-0.3, -0.25) is 0 Å². The summed E-state index contributed by atoms with van der Waals surface area (Å²) in [7, 11) is -3.59. The molecule has 0 aromatic carbocycles. The number of nitriles is 1. The third-order valence-corrected chi connectivity index (χ3v) is 4.35. The first-order chi connectivity index (χ1) is 9.12. The summed E-state index contributed by atoms with van der Waals surface area (Å²) in [6.45, 7) is 0.952. The van der Waals surface area contributed by atoms with Crippen molar-refractivity contribution in [2.75, 3.05) is 13.2 Å². The van der Waals surface area contributed by atoms with Gasteiger partial charge in [-0.2, -0.15) is 5.26 Å². The molecule has 19 heavy (non-hydrogen) atoms. The molecule has 2 heterocycles. The molecule has 102 valence electrons. The molecule has 0 bridgehead atoms. The monoisotopic (exact) mass is 281 g/mol. The van der Waals surface area contributed by atoms with E-state index in [1.165, 1.54) is 18.3 Å². The SMILES string of the molecule is N#Cc1ccc(S(=O)(=O)NCC2CCCCO2)cn1. The van der Waals surface area contributed by atoms with E-state index >= 15 is 0 Å². The number of pyridine rings is 1. The van der Waals surface area contributed by atoms with Crippen LogP contribution in [-0.4, -0.2) is 32.7 Å². The van der Waals surface area contributed by atoms with Crippen molar-refractivity contribution in [1.29, 1.82) is 5.26 Å². The summed E-state index contributed by atoms with van der Waals surface area (Å²) < 4.78 is 31.9. The highest BCUT2D eigenvalue weighted by atomic mass is 32.2. The fourth-order valence-electron chi connectivity index (χ4n) is 1.86. The zero-order valence-electron chi connectivity index (χ0n) is 10.4. The molecular weight excluding hydrogens is 266 g/mol. The van der Waals surface area contributed by atoms with Crippen LogP contribution < -0.4 is 4.72 Å². The lowest BCUT2D eigenvalue weighted by molar-refractivity contribution is 0.0200. The van der Waals surface area contributed by atoms with Crippen molar-refractivity contribution in [2.24, 2.45) is 0 Å². The summed E-state index contributed by atoms with van der Waals surface area (Å²) in [5.41, 5.74) is 0.189. The fourth-order valence-corrected chi connectivity index (χ4v) is 2.87. The molecule has 0 saturated carbocycles. The number of ether oxygens (including phenoxy) is 1. The lowest BCUT2D eigenvalue weighted by atomic mass is 10.1. The summed E-state index contributed by atoms with van der Waals surface area (Å²) >= 11 is 0. The summed E-state index contributed by atoms with van der Waals surface area (Å²) in [5, 5.41) is 8.61. The van der Waals surface area contributed by atoms with Crippen LogP contribution in [0.4, 0.5) is 0 Å². The molecule has 1 saturated heterocycles. The molecule has 1 aromatic heterocycles. The molecular formula is C12H15N3O3S. The summed E-state index contributed by atoms with van der Waals surface area (Å²) in [6.07, 6.45) is 4.08. The van der Waals surface area contributed by atoms with Gasteiger partial charge in [0.05, 0.1) is 6.10 Å². The Morgan fingerprint density at radius 2 is 2.32 bits per heavy atom. The number of nitrogens with zero attached hydrogens (tertiary/aromatic N) is 2. The van der Waals surface area contributed by atoms with E-state index in [0.717, 1.165) is 19.3 Å². The van der Waals surface area contributed by atoms with Gasteiger partial charge in [0.2, 0.25) is 10.0 Å². The number of nitrogens with one attached hydrogen (secondary N) is 1. The van der Waals surface area contributed by atoms with Crippen LogP contribution in [0.3, 0.4) is 0 Å². The second-order valence-corrected chi connectivity index (χ2v) is 6.10. The predicted molar refractivity (Wildman–Crippen MR) is 67.7 cm³/mol. The smallest absolute Gasteiger partial charge is 0.242 e. The molecule has 0 amide bonds. The van der Waals surface area contributed by atoms with Crippen LogP contribution >= 0.6 is 0 Å². The maximum Gasteiger partial charge on any atom is 0.242 e. The van der Waals surface area contributed by atoms with Gasteiger partial charge in [-0.1, -0.05) is 0 Å². The Kier molecular flexibility index (Phi) is 4.47. The van der Waals surface area contributed by atoms with Gasteiger partial charge < -0.3 is 4.74 Å². The zero-order chi connectivity index (χ0) is 13.7. The second-order valence-electron chi connectivity index (χ2n) is 4.33. The van der Waals surface area contributed by atoms with Crippen LogP contribution in [0.15, 0.2) is 23.2 Å². The molecule has 0 spiro atoms. The minimum atomic E-state index is -3.59. The molecule has 1 fully saturated rings. The van der Waals surface area contributed by atoms with Gasteiger partial charge >= 0.3 is 0 Å². The number of aromatic nitrogens is 1. The van der Waals surface area contributed by atoms with Crippen molar-refractivity contribution in [3.63, 3.8) is 0 Å². The Balaban J connectivity index is 1.99. The Hall–Kier alpha value is -1.49. The Morgan fingerprint density at radius 1 is 1.47 bits per heavy atom. The van der Waals surface area contributed by atoms with Crippen molar-refractivity contribution in [3.05, 3.63) is 24.0 Å². The summed E-state index contributed by atoms with van der Waals surface area (Å²) in [5.74, 6) is 0. The zero-order valence-corrected chi connectivity index (χ0v) is 11.2. The van der Waals surface area contributed by atoms with Gasteiger partial charge in [-0.05, 0) is 31.4 Å². The van der Waals surface area contributed by atoms with E-state index in [4.69, 9.17) is 10.00 Å². The van der Waals surface area contributed by atoms with Crippen molar-refractivity contribution < 1.29 is 13.2 Å². The fraction of sp³-hybridized carbons (Fsp3) is 0.500. The number of hydrogen-bond donors (Lipinski definition) is 1. The highest BCUT2D eigenvalue weighted by molar-refractivity contribution is 7.89. The average molecular weight is 281 g/mol. The Morgan fingerprint density at radius 3 is 2.89 bits per heavy atom. The number of sulfonamides is 1. The van der Waals surface area contributed by atoms with E-state index < -0.39 is 10.0 Å². The average Bonchev–Trinajstić information content (AvgIpc) is 2.46. The first kappa shape index (κ1) is 13.9. The second kappa shape index (κ2) is 6.10. The molecule has 1 aliphatic heterocycles. The van der Waals surface area contributed by atoms with E-state index in [-0.39, 0.29) is 23.2 Å². The molecule has 1 aliphatic rings. The van der Waals surface area contributed by atoms with Crippen molar-refractivity contribution in [1.82, 2.24) is 9.71 Å². The summed E-state index contributed by atoms with van der Waals surface area (Å²) in [6, 6.07) is 4.59. The largest absolute Gasteiger partial charge is 0.377 e. The molecule has 7 heteroatoms. The molecule has 0 radical (unpaired) electrons. The minimum absolute atomic E-state index is 0.0577. The van der Waals surface area contributed by atoms with Gasteiger partial charge in [0.15, 0.2) is 0 Å². The van der Waals surface area contributed by atoms with Gasteiger partial charge in [0.25, 0.3) is 0 Å². The Labute approximate surface area is 112 Å². The van der Waals surface area contributed by atoms with Crippen LogP contribution in [0.1, 0.15) is 25.0 Å². The number of hydrogen-bond acceptors (Lipinski definition) is 5. The van der Waals surface area contributed by atoms with E-state index in [1.54, 1.807) is 0 Å². The van der Waals surface area contributed by atoms with E-state index in [1.807, 2.05) is 6.07 Å². The van der Waals surface area contributed by atoms with E-state index in [0.29, 0.717) is 6.61 Å². The molecule has 1 N–H and O–H groups in total. The highest BCUT2D eigenvalue weighted by Gasteiger charge is 2.19. The van der Waals surface area contributed by atoms with Gasteiger partial charge in [-0.15, -0.1) is 0 Å². The van der Waals surface area contributed by atoms with Crippen molar-refractivity contribution in [3.8, 4) is 6.07 Å². The molecule has 1 atom stereocenters. The maximum atomic E-state index is 12.0. The maximum absolute atomic E-state index is 12.0. The third kappa shape index (κ3) is 3.73. The normalized spacial score (nSPS) is 19.8. The predicted octanol–water partition coefficient (Wildman–Crippen LogP) is 0.801. The van der Waals surface area contributed by atoms with Crippen molar-refractivity contribution >= 4 is 10.0 Å². The Bertz CT molecular complexity index is 557. The molecule has 0 aliphatic carbocycles. The van der Waals surface area contributed by atoms with Gasteiger partial charge in [0, 0.05) is 19.3 Å². The van der Waals surface area contributed by atoms with Crippen LogP contribution in [0.5, 0.6) is 0 Å².